The minimum atomic E-state index is -1.04. The molecule has 5 nitrogen and oxygen atoms in total. The Kier molecular flexibility index (Phi) is 3.10. The van der Waals surface area contributed by atoms with Crippen LogP contribution in [0.5, 0.6) is 0 Å². The van der Waals surface area contributed by atoms with Crippen LogP contribution in [-0.2, 0) is 9.59 Å². The molecule has 56 valence electrons. The van der Waals surface area contributed by atoms with E-state index in [9.17, 15) is 9.59 Å². The summed E-state index contributed by atoms with van der Waals surface area (Å²) in [6.45, 7) is 3.36. The maximum Gasteiger partial charge on any atom is 0.329 e. The molecule has 0 aromatic carbocycles. The molecule has 0 saturated heterocycles. The third kappa shape index (κ3) is 3.59. The number of carbonyl (C=O) groups excluding carboxylic acids is 2. The van der Waals surface area contributed by atoms with Gasteiger partial charge in [0.2, 0.25) is 0 Å². The highest BCUT2D eigenvalue weighted by Gasteiger charge is 2.04. The van der Waals surface area contributed by atoms with Gasteiger partial charge < -0.3 is 5.73 Å². The van der Waals surface area contributed by atoms with E-state index in [-0.39, 0.29) is 0 Å². The predicted molar refractivity (Wildman–Crippen MR) is 36.1 cm³/mol. The SMILES string of the molecule is CC(C)=NNC(=O)C(N)=O. The Hall–Kier alpha value is -1.39. The second-order valence-corrected chi connectivity index (χ2v) is 1.86. The second kappa shape index (κ2) is 3.60. The number of rotatable bonds is 1. The van der Waals surface area contributed by atoms with Gasteiger partial charge in [0.1, 0.15) is 0 Å². The quantitative estimate of drug-likeness (QED) is 0.280. The Balaban J connectivity index is 3.83. The molecule has 2 amide bonds. The summed E-state index contributed by atoms with van der Waals surface area (Å²) in [5, 5.41) is 3.46. The van der Waals surface area contributed by atoms with Crippen molar-refractivity contribution in [3.05, 3.63) is 0 Å². The maximum absolute atomic E-state index is 10.4. The van der Waals surface area contributed by atoms with E-state index in [1.54, 1.807) is 13.8 Å². The minimum Gasteiger partial charge on any atom is -0.361 e. The first-order chi connectivity index (χ1) is 4.54. The molecule has 0 aliphatic rings. The predicted octanol–water partition coefficient (Wildman–Crippen LogP) is -1.02. The van der Waals surface area contributed by atoms with E-state index in [0.717, 1.165) is 0 Å². The number of nitrogens with one attached hydrogen (secondary N) is 1. The number of hydrogen-bond donors (Lipinski definition) is 2. The van der Waals surface area contributed by atoms with Gasteiger partial charge in [0, 0.05) is 5.71 Å². The van der Waals surface area contributed by atoms with Crippen LogP contribution in [-0.4, -0.2) is 17.5 Å². The highest BCUT2D eigenvalue weighted by molar-refractivity contribution is 6.34. The van der Waals surface area contributed by atoms with Gasteiger partial charge in [-0.25, -0.2) is 5.43 Å². The van der Waals surface area contributed by atoms with Crippen molar-refractivity contribution in [3.63, 3.8) is 0 Å². The zero-order valence-corrected chi connectivity index (χ0v) is 5.84. The number of carbonyl (C=O) groups is 2. The number of nitrogens with zero attached hydrogens (tertiary/aromatic N) is 1. The molecule has 0 atom stereocenters. The van der Waals surface area contributed by atoms with E-state index < -0.39 is 11.8 Å². The fraction of sp³-hybridized carbons (Fsp3) is 0.400. The van der Waals surface area contributed by atoms with Gasteiger partial charge in [-0.2, -0.15) is 5.10 Å². The van der Waals surface area contributed by atoms with Gasteiger partial charge in [0.25, 0.3) is 0 Å². The lowest BCUT2D eigenvalue weighted by atomic mass is 10.5. The molecule has 0 rings (SSSR count). The summed E-state index contributed by atoms with van der Waals surface area (Å²) < 4.78 is 0. The van der Waals surface area contributed by atoms with Crippen molar-refractivity contribution >= 4 is 17.5 Å². The van der Waals surface area contributed by atoms with Crippen LogP contribution in [0, 0.1) is 0 Å². The number of hydrazone groups is 1. The summed E-state index contributed by atoms with van der Waals surface area (Å²) in [4.78, 5) is 20.4. The molecular formula is C5H9N3O2. The van der Waals surface area contributed by atoms with Crippen LogP contribution in [0.3, 0.4) is 0 Å². The van der Waals surface area contributed by atoms with Gasteiger partial charge in [-0.15, -0.1) is 0 Å². The van der Waals surface area contributed by atoms with Gasteiger partial charge in [-0.1, -0.05) is 0 Å². The summed E-state index contributed by atoms with van der Waals surface area (Å²) in [6, 6.07) is 0. The molecule has 0 bridgehead atoms. The van der Waals surface area contributed by atoms with E-state index in [1.165, 1.54) is 0 Å². The molecule has 0 spiro atoms. The molecule has 0 fully saturated rings. The first-order valence-corrected chi connectivity index (χ1v) is 2.64. The molecule has 0 unspecified atom stereocenters. The van der Waals surface area contributed by atoms with Crippen molar-refractivity contribution in [2.45, 2.75) is 13.8 Å². The average Bonchev–Trinajstić information content (AvgIpc) is 1.82. The van der Waals surface area contributed by atoms with Crippen molar-refractivity contribution in [1.29, 1.82) is 0 Å². The third-order valence-electron chi connectivity index (χ3n) is 0.605. The summed E-state index contributed by atoms with van der Waals surface area (Å²) in [6.07, 6.45) is 0. The molecule has 0 aliphatic heterocycles. The molecule has 10 heavy (non-hydrogen) atoms. The summed E-state index contributed by atoms with van der Waals surface area (Å²) in [5.41, 5.74) is 7.21. The van der Waals surface area contributed by atoms with Crippen molar-refractivity contribution in [1.82, 2.24) is 5.43 Å². The fourth-order valence-corrected chi connectivity index (χ4v) is 0.218. The van der Waals surface area contributed by atoms with Crippen molar-refractivity contribution < 1.29 is 9.59 Å². The lowest BCUT2D eigenvalue weighted by Gasteiger charge is -1.92. The summed E-state index contributed by atoms with van der Waals surface area (Å²) in [5.74, 6) is -1.94. The Morgan fingerprint density at radius 1 is 1.40 bits per heavy atom. The van der Waals surface area contributed by atoms with Crippen molar-refractivity contribution in [2.75, 3.05) is 0 Å². The lowest BCUT2D eigenvalue weighted by Crippen LogP contribution is -2.33. The van der Waals surface area contributed by atoms with Gasteiger partial charge in [0.05, 0.1) is 0 Å². The van der Waals surface area contributed by atoms with Gasteiger partial charge in [0.15, 0.2) is 0 Å². The number of hydrogen-bond acceptors (Lipinski definition) is 3. The van der Waals surface area contributed by atoms with Crippen LogP contribution in [0.4, 0.5) is 0 Å². The molecule has 0 radical (unpaired) electrons. The van der Waals surface area contributed by atoms with E-state index >= 15 is 0 Å². The van der Waals surface area contributed by atoms with E-state index in [2.05, 4.69) is 10.8 Å². The Morgan fingerprint density at radius 3 is 2.20 bits per heavy atom. The fourth-order valence-electron chi connectivity index (χ4n) is 0.218. The second-order valence-electron chi connectivity index (χ2n) is 1.86. The Labute approximate surface area is 58.3 Å². The standard InChI is InChI=1S/C5H9N3O2/c1-3(2)7-8-5(10)4(6)9/h1-2H3,(H2,6,9)(H,8,10). The summed E-state index contributed by atoms with van der Waals surface area (Å²) in [7, 11) is 0. The van der Waals surface area contributed by atoms with Gasteiger partial charge in [-0.3, -0.25) is 9.59 Å². The smallest absolute Gasteiger partial charge is 0.329 e. The van der Waals surface area contributed by atoms with Crippen LogP contribution in [0.2, 0.25) is 0 Å². The zero-order valence-electron chi connectivity index (χ0n) is 5.84. The van der Waals surface area contributed by atoms with Gasteiger partial charge >= 0.3 is 11.8 Å². The first-order valence-electron chi connectivity index (χ1n) is 2.64. The highest BCUT2D eigenvalue weighted by Crippen LogP contribution is 1.69. The minimum absolute atomic E-state index is 0.648. The molecule has 0 aromatic rings. The number of nitrogens with two attached hydrogens (primary N) is 1. The van der Waals surface area contributed by atoms with E-state index in [1.807, 2.05) is 5.43 Å². The highest BCUT2D eigenvalue weighted by atomic mass is 16.2. The normalized spacial score (nSPS) is 8.20. The van der Waals surface area contributed by atoms with E-state index in [0.29, 0.717) is 5.71 Å². The molecule has 0 heterocycles. The van der Waals surface area contributed by atoms with Crippen LogP contribution in [0.25, 0.3) is 0 Å². The molecule has 0 saturated carbocycles. The monoisotopic (exact) mass is 143 g/mol. The number of amides is 2. The first kappa shape index (κ1) is 8.61. The van der Waals surface area contributed by atoms with Crippen molar-refractivity contribution in [3.8, 4) is 0 Å². The lowest BCUT2D eigenvalue weighted by molar-refractivity contribution is -0.137. The van der Waals surface area contributed by atoms with Crippen LogP contribution < -0.4 is 11.2 Å². The Bertz CT molecular complexity index is 181. The van der Waals surface area contributed by atoms with E-state index in [4.69, 9.17) is 0 Å². The van der Waals surface area contributed by atoms with Crippen LogP contribution in [0.1, 0.15) is 13.8 Å². The van der Waals surface area contributed by atoms with Gasteiger partial charge in [-0.05, 0) is 13.8 Å². The molecule has 3 N–H and O–H groups in total. The molecule has 0 aromatic heterocycles. The zero-order chi connectivity index (χ0) is 8.15. The molecule has 0 aliphatic carbocycles. The van der Waals surface area contributed by atoms with Crippen molar-refractivity contribution in [2.24, 2.45) is 10.8 Å². The van der Waals surface area contributed by atoms with Crippen LogP contribution >= 0.6 is 0 Å². The molecular weight excluding hydrogens is 134 g/mol. The maximum atomic E-state index is 10.4. The Morgan fingerprint density at radius 2 is 1.90 bits per heavy atom. The third-order valence-corrected chi connectivity index (χ3v) is 0.605. The largest absolute Gasteiger partial charge is 0.361 e. The number of primary amides is 1. The topological polar surface area (TPSA) is 84.6 Å². The van der Waals surface area contributed by atoms with Crippen LogP contribution in [0.15, 0.2) is 5.10 Å². The average molecular weight is 143 g/mol. The molecule has 5 heteroatoms. The summed E-state index contributed by atoms with van der Waals surface area (Å²) >= 11 is 0.